The van der Waals surface area contributed by atoms with Gasteiger partial charge in [-0.2, -0.15) is 0 Å². The van der Waals surface area contributed by atoms with Crippen molar-refractivity contribution in [3.05, 3.63) is 89.5 Å². The molecule has 1 N–H and O–H groups in total. The molecule has 2 nitrogen and oxygen atoms in total. The van der Waals surface area contributed by atoms with E-state index < -0.39 is 0 Å². The lowest BCUT2D eigenvalue weighted by Crippen LogP contribution is -2.41. The van der Waals surface area contributed by atoms with E-state index in [9.17, 15) is 0 Å². The number of para-hydroxylation sites is 2. The highest BCUT2D eigenvalue weighted by atomic mass is 15.2. The number of hydrogen-bond acceptors (Lipinski definition) is 2. The molecule has 3 aliphatic rings. The second-order valence-corrected chi connectivity index (χ2v) is 9.15. The van der Waals surface area contributed by atoms with Gasteiger partial charge in [0.15, 0.2) is 0 Å². The summed E-state index contributed by atoms with van der Waals surface area (Å²) in [5.74, 6) is 0.478. The molecule has 2 aromatic rings. The topological polar surface area (TPSA) is 15.3 Å². The van der Waals surface area contributed by atoms with E-state index in [0.29, 0.717) is 17.4 Å². The van der Waals surface area contributed by atoms with Crippen molar-refractivity contribution in [1.29, 1.82) is 0 Å². The molecule has 30 heavy (non-hydrogen) atoms. The summed E-state index contributed by atoms with van der Waals surface area (Å²) in [6.45, 7) is 5.56. The Bertz CT molecular complexity index is 1040. The van der Waals surface area contributed by atoms with Crippen LogP contribution < -0.4 is 10.2 Å². The minimum absolute atomic E-state index is 0.306. The zero-order valence-corrected chi connectivity index (χ0v) is 18.4. The number of nitrogens with one attached hydrogen (secondary N) is 1. The van der Waals surface area contributed by atoms with Gasteiger partial charge in [-0.1, -0.05) is 67.6 Å². The van der Waals surface area contributed by atoms with Crippen LogP contribution in [0, 0.1) is 11.3 Å². The number of benzene rings is 2. The number of fused-ring (bicyclic) bond motifs is 2. The number of hydrogen-bond donors (Lipinski definition) is 1. The zero-order valence-electron chi connectivity index (χ0n) is 18.4. The first-order valence-electron chi connectivity index (χ1n) is 11.3. The van der Waals surface area contributed by atoms with Gasteiger partial charge in [0, 0.05) is 19.0 Å². The molecule has 0 spiro atoms. The van der Waals surface area contributed by atoms with E-state index in [1.807, 2.05) is 7.05 Å². The van der Waals surface area contributed by atoms with Crippen LogP contribution in [0.3, 0.4) is 0 Å². The molecule has 1 fully saturated rings. The minimum atomic E-state index is 0.306. The zero-order chi connectivity index (χ0) is 20.7. The van der Waals surface area contributed by atoms with Gasteiger partial charge >= 0.3 is 0 Å². The molecule has 3 aliphatic carbocycles. The van der Waals surface area contributed by atoms with E-state index in [1.165, 1.54) is 35.3 Å². The first-order chi connectivity index (χ1) is 14.7. The maximum Gasteiger partial charge on any atom is 0.0697 e. The Morgan fingerprint density at radius 2 is 1.83 bits per heavy atom. The largest absolute Gasteiger partial charge is 0.386 e. The van der Waals surface area contributed by atoms with E-state index in [2.05, 4.69) is 96.9 Å². The van der Waals surface area contributed by atoms with Gasteiger partial charge in [0.2, 0.25) is 0 Å². The Labute approximate surface area is 181 Å². The highest BCUT2D eigenvalue weighted by molar-refractivity contribution is 5.83. The third-order valence-corrected chi connectivity index (χ3v) is 7.15. The SMILES string of the molecule is CC=CC1(CN(c2ccccc2NC)C2C=CC(C)C3=C2Cc2ccccc23)CC1. The van der Waals surface area contributed by atoms with Crippen LogP contribution in [0.1, 0.15) is 37.8 Å². The molecule has 2 unspecified atom stereocenters. The number of allylic oxidation sites excluding steroid dienone is 3. The van der Waals surface area contributed by atoms with Crippen molar-refractivity contribution < 1.29 is 0 Å². The quantitative estimate of drug-likeness (QED) is 0.563. The van der Waals surface area contributed by atoms with Gasteiger partial charge < -0.3 is 10.2 Å². The first kappa shape index (κ1) is 19.2. The number of rotatable bonds is 6. The molecule has 0 saturated heterocycles. The lowest BCUT2D eigenvalue weighted by atomic mass is 9.84. The molecule has 0 heterocycles. The van der Waals surface area contributed by atoms with Crippen LogP contribution in [0.2, 0.25) is 0 Å². The number of nitrogens with zero attached hydrogens (tertiary/aromatic N) is 1. The Hall–Kier alpha value is -2.74. The highest BCUT2D eigenvalue weighted by Gasteiger charge is 2.44. The average Bonchev–Trinajstić information content (AvgIpc) is 3.41. The molecule has 0 bridgehead atoms. The van der Waals surface area contributed by atoms with Gasteiger partial charge in [0.1, 0.15) is 0 Å². The normalized spacial score (nSPS) is 23.4. The molecule has 0 aliphatic heterocycles. The van der Waals surface area contributed by atoms with Crippen molar-refractivity contribution in [2.45, 2.75) is 39.2 Å². The van der Waals surface area contributed by atoms with Crippen molar-refractivity contribution >= 4 is 16.9 Å². The van der Waals surface area contributed by atoms with E-state index in [-0.39, 0.29) is 0 Å². The Morgan fingerprint density at radius 3 is 2.60 bits per heavy atom. The van der Waals surface area contributed by atoms with Crippen LogP contribution in [-0.2, 0) is 6.42 Å². The molecule has 2 atom stereocenters. The van der Waals surface area contributed by atoms with Crippen molar-refractivity contribution in [2.24, 2.45) is 11.3 Å². The first-order valence-corrected chi connectivity index (χ1v) is 11.3. The highest BCUT2D eigenvalue weighted by Crippen LogP contribution is 2.51. The third kappa shape index (κ3) is 3.19. The van der Waals surface area contributed by atoms with Crippen molar-refractivity contribution in [3.8, 4) is 0 Å². The lowest BCUT2D eigenvalue weighted by molar-refractivity contribution is 0.588. The van der Waals surface area contributed by atoms with Crippen LogP contribution in [0.15, 0.2) is 78.4 Å². The summed E-state index contributed by atoms with van der Waals surface area (Å²) in [5, 5.41) is 3.44. The van der Waals surface area contributed by atoms with Crippen LogP contribution >= 0.6 is 0 Å². The van der Waals surface area contributed by atoms with Gasteiger partial charge in [0.05, 0.1) is 17.4 Å². The van der Waals surface area contributed by atoms with E-state index in [0.717, 1.165) is 13.0 Å². The summed E-state index contributed by atoms with van der Waals surface area (Å²) in [6, 6.07) is 18.1. The maximum atomic E-state index is 3.44. The maximum absolute atomic E-state index is 3.44. The van der Waals surface area contributed by atoms with Crippen LogP contribution in [0.25, 0.3) is 5.57 Å². The second-order valence-electron chi connectivity index (χ2n) is 9.15. The van der Waals surface area contributed by atoms with Gasteiger partial charge in [-0.15, -0.1) is 0 Å². The van der Waals surface area contributed by atoms with Gasteiger partial charge in [-0.05, 0) is 66.5 Å². The average molecular weight is 397 g/mol. The van der Waals surface area contributed by atoms with Gasteiger partial charge in [0.25, 0.3) is 0 Å². The molecule has 154 valence electrons. The standard InChI is InChI=1S/C28H32N2/c1-4-15-28(16-17-28)19-30(26-12-8-7-11-24(26)29-3)25-14-13-20(2)27-22-10-6-5-9-21(22)18-23(25)27/h4-15,20,25,29H,16-19H2,1-3H3. The molecule has 0 aromatic heterocycles. The van der Waals surface area contributed by atoms with Gasteiger partial charge in [-0.25, -0.2) is 0 Å². The lowest BCUT2D eigenvalue weighted by Gasteiger charge is -2.39. The number of anilines is 2. The van der Waals surface area contributed by atoms with Crippen LogP contribution in [0.5, 0.6) is 0 Å². The van der Waals surface area contributed by atoms with E-state index >= 15 is 0 Å². The smallest absolute Gasteiger partial charge is 0.0697 e. The van der Waals surface area contributed by atoms with E-state index in [1.54, 1.807) is 11.1 Å². The Kier molecular flexibility index (Phi) is 4.81. The Balaban J connectivity index is 1.60. The molecule has 0 amide bonds. The fourth-order valence-corrected chi connectivity index (χ4v) is 5.49. The molecule has 2 aromatic carbocycles. The van der Waals surface area contributed by atoms with Crippen molar-refractivity contribution in [2.75, 3.05) is 23.8 Å². The predicted molar refractivity (Wildman–Crippen MR) is 129 cm³/mol. The van der Waals surface area contributed by atoms with Crippen LogP contribution in [-0.4, -0.2) is 19.6 Å². The van der Waals surface area contributed by atoms with Crippen molar-refractivity contribution in [3.63, 3.8) is 0 Å². The summed E-state index contributed by atoms with van der Waals surface area (Å²) in [6.07, 6.45) is 13.2. The summed E-state index contributed by atoms with van der Waals surface area (Å²) in [4.78, 5) is 2.67. The summed E-state index contributed by atoms with van der Waals surface area (Å²) in [5.41, 5.74) is 8.93. The molecular formula is C28H32N2. The van der Waals surface area contributed by atoms with Gasteiger partial charge in [-0.3, -0.25) is 0 Å². The summed E-state index contributed by atoms with van der Waals surface area (Å²) < 4.78 is 0. The van der Waals surface area contributed by atoms with E-state index in [4.69, 9.17) is 0 Å². The molecule has 2 heteroatoms. The fraction of sp³-hybridized carbons (Fsp3) is 0.357. The predicted octanol–water partition coefficient (Wildman–Crippen LogP) is 6.48. The third-order valence-electron chi connectivity index (χ3n) is 7.15. The molecule has 5 rings (SSSR count). The van der Waals surface area contributed by atoms with Crippen LogP contribution in [0.4, 0.5) is 11.4 Å². The second kappa shape index (κ2) is 7.50. The van der Waals surface area contributed by atoms with Crippen molar-refractivity contribution in [1.82, 2.24) is 0 Å². The Morgan fingerprint density at radius 1 is 1.07 bits per heavy atom. The minimum Gasteiger partial charge on any atom is -0.386 e. The fourth-order valence-electron chi connectivity index (χ4n) is 5.49. The molecule has 1 saturated carbocycles. The molecular weight excluding hydrogens is 364 g/mol. The molecule has 0 radical (unpaired) electrons. The summed E-state index contributed by atoms with van der Waals surface area (Å²) in [7, 11) is 2.03. The summed E-state index contributed by atoms with van der Waals surface area (Å²) >= 11 is 0. The monoisotopic (exact) mass is 396 g/mol.